The van der Waals surface area contributed by atoms with Crippen LogP contribution in [0, 0.1) is 14.9 Å². The number of carbonyl (C=O) groups is 1. The molecule has 0 heterocycles. The first-order chi connectivity index (χ1) is 16.6. The molecule has 0 aliphatic rings. The lowest BCUT2D eigenvalue weighted by Gasteiger charge is -2.15. The Balaban J connectivity index is 1.91. The summed E-state index contributed by atoms with van der Waals surface area (Å²) in [5.41, 5.74) is 1.40. The van der Waals surface area contributed by atoms with E-state index in [1.807, 2.05) is 43.3 Å². The Hall–Kier alpha value is -2.84. The largest absolute Gasteiger partial charge is 0.494 e. The predicted molar refractivity (Wildman–Crippen MR) is 141 cm³/mol. The van der Waals surface area contributed by atoms with Gasteiger partial charge in [0.1, 0.15) is 17.4 Å². The van der Waals surface area contributed by atoms with Gasteiger partial charge < -0.3 is 10.1 Å². The van der Waals surface area contributed by atoms with Gasteiger partial charge in [0.25, 0.3) is 5.91 Å². The number of benzene rings is 3. The number of ether oxygens (including phenoxy) is 1. The van der Waals surface area contributed by atoms with E-state index >= 15 is 0 Å². The molecule has 0 bridgehead atoms. The summed E-state index contributed by atoms with van der Waals surface area (Å²) >= 11 is 5.74. The molecule has 3 aromatic rings. The number of nitrogens with one attached hydrogen (secondary N) is 1. The first-order valence-corrected chi connectivity index (χ1v) is 12.3. The summed E-state index contributed by atoms with van der Waals surface area (Å²) in [5.74, 6) is -0.186. The maximum atomic E-state index is 13.0. The number of rotatable bonds is 7. The van der Waals surface area contributed by atoms with Gasteiger partial charge in [0, 0.05) is 25.7 Å². The Morgan fingerprint density at radius 3 is 2.57 bits per heavy atom. The summed E-state index contributed by atoms with van der Waals surface area (Å²) in [6, 6.07) is 17.5. The minimum Gasteiger partial charge on any atom is -0.494 e. The number of nitrogens with zero attached hydrogens (tertiary/aromatic N) is 1. The molecule has 0 aromatic heterocycles. The lowest BCUT2D eigenvalue weighted by atomic mass is 10.0. The van der Waals surface area contributed by atoms with E-state index in [0.29, 0.717) is 24.3 Å². The predicted octanol–water partition coefficient (Wildman–Crippen LogP) is 7.61. The van der Waals surface area contributed by atoms with Crippen molar-refractivity contribution in [3.8, 4) is 11.8 Å². The molecule has 0 spiro atoms. The van der Waals surface area contributed by atoms with Crippen LogP contribution in [0.25, 0.3) is 6.08 Å². The average Bonchev–Trinajstić information content (AvgIpc) is 2.80. The van der Waals surface area contributed by atoms with Crippen LogP contribution in [0.2, 0.25) is 0 Å². The summed E-state index contributed by atoms with van der Waals surface area (Å²) in [4.78, 5) is 12.6. The number of halogens is 5. The van der Waals surface area contributed by atoms with Crippen molar-refractivity contribution in [3.63, 3.8) is 0 Å². The van der Waals surface area contributed by atoms with Crippen molar-refractivity contribution >= 4 is 56.2 Å². The quantitative estimate of drug-likeness (QED) is 0.162. The Bertz CT molecular complexity index is 1320. The zero-order valence-corrected chi connectivity index (χ0v) is 22.2. The lowest BCUT2D eigenvalue weighted by Crippen LogP contribution is -2.14. The fraction of sp³-hybridized carbons (Fsp3) is 0.154. The van der Waals surface area contributed by atoms with Crippen LogP contribution >= 0.6 is 38.5 Å². The van der Waals surface area contributed by atoms with Crippen molar-refractivity contribution in [1.82, 2.24) is 0 Å². The Morgan fingerprint density at radius 1 is 1.17 bits per heavy atom. The van der Waals surface area contributed by atoms with Gasteiger partial charge in [0.2, 0.25) is 0 Å². The second-order valence-corrected chi connectivity index (χ2v) is 9.40. The van der Waals surface area contributed by atoms with Gasteiger partial charge >= 0.3 is 6.18 Å². The van der Waals surface area contributed by atoms with Crippen molar-refractivity contribution in [2.75, 3.05) is 11.9 Å². The third-order valence-corrected chi connectivity index (χ3v) is 6.66. The van der Waals surface area contributed by atoms with Crippen molar-refractivity contribution in [3.05, 3.63) is 96.5 Å². The number of hydrogen-bond donors (Lipinski definition) is 1. The second kappa shape index (κ2) is 11.7. The monoisotopic (exact) mass is 654 g/mol. The molecule has 9 heteroatoms. The molecule has 0 aliphatic carbocycles. The molecule has 0 fully saturated rings. The Labute approximate surface area is 223 Å². The molecule has 0 saturated carbocycles. The maximum absolute atomic E-state index is 13.0. The van der Waals surface area contributed by atoms with E-state index in [1.54, 1.807) is 6.07 Å². The number of hydrogen-bond acceptors (Lipinski definition) is 3. The number of alkyl halides is 3. The van der Waals surface area contributed by atoms with Crippen molar-refractivity contribution in [2.24, 2.45) is 0 Å². The normalized spacial score (nSPS) is 11.6. The molecule has 0 atom stereocenters. The highest BCUT2D eigenvalue weighted by atomic mass is 127. The second-order valence-electron chi connectivity index (χ2n) is 7.38. The molecule has 1 amide bonds. The number of anilines is 1. The molecular weight excluding hydrogens is 636 g/mol. The van der Waals surface area contributed by atoms with Gasteiger partial charge in [0.15, 0.2) is 0 Å². The molecule has 0 radical (unpaired) electrons. The third-order valence-electron chi connectivity index (χ3n) is 4.93. The SMILES string of the molecule is CCOc1cc(/C=C(\C#N)C(=O)Nc2cccc(C(F)(F)F)c2)cc(I)c1Cc1ccccc1Br. The number of nitriles is 1. The molecule has 180 valence electrons. The molecular formula is C26H19BrF3IN2O2. The van der Waals surface area contributed by atoms with E-state index < -0.39 is 17.6 Å². The topological polar surface area (TPSA) is 62.1 Å². The van der Waals surface area contributed by atoms with Crippen LogP contribution in [0.3, 0.4) is 0 Å². The van der Waals surface area contributed by atoms with Crippen LogP contribution in [-0.2, 0) is 17.4 Å². The minimum atomic E-state index is -4.54. The number of amides is 1. The highest BCUT2D eigenvalue weighted by molar-refractivity contribution is 14.1. The molecule has 0 unspecified atom stereocenters. The van der Waals surface area contributed by atoms with Gasteiger partial charge in [-0.1, -0.05) is 40.2 Å². The fourth-order valence-electron chi connectivity index (χ4n) is 3.29. The maximum Gasteiger partial charge on any atom is 0.416 e. The molecule has 0 saturated heterocycles. The van der Waals surface area contributed by atoms with Gasteiger partial charge in [-0.05, 0) is 83.1 Å². The van der Waals surface area contributed by atoms with Crippen LogP contribution in [0.4, 0.5) is 18.9 Å². The summed E-state index contributed by atoms with van der Waals surface area (Å²) in [5, 5.41) is 11.9. The van der Waals surface area contributed by atoms with Gasteiger partial charge in [-0.2, -0.15) is 18.4 Å². The van der Waals surface area contributed by atoms with Crippen LogP contribution in [0.5, 0.6) is 5.75 Å². The molecule has 4 nitrogen and oxygen atoms in total. The fourth-order valence-corrected chi connectivity index (χ4v) is 4.53. The minimum absolute atomic E-state index is 0.0562. The highest BCUT2D eigenvalue weighted by Gasteiger charge is 2.30. The standard InChI is InChI=1S/C26H19BrF3IN2O2/c1-2-35-24-12-16(11-23(31)21(24)13-17-6-3-4-9-22(17)27)10-18(15-32)25(34)33-20-8-5-7-19(14-20)26(28,29)30/h3-12,14H,2,13H2,1H3,(H,33,34)/b18-10+. The van der Waals surface area contributed by atoms with Gasteiger partial charge in [-0.3, -0.25) is 4.79 Å². The molecule has 3 rings (SSSR count). The molecule has 3 aromatic carbocycles. The average molecular weight is 655 g/mol. The van der Waals surface area contributed by atoms with Gasteiger partial charge in [-0.15, -0.1) is 0 Å². The van der Waals surface area contributed by atoms with Crippen LogP contribution in [0.15, 0.2) is 70.7 Å². The van der Waals surface area contributed by atoms with Crippen LogP contribution in [0.1, 0.15) is 29.2 Å². The van der Waals surface area contributed by atoms with E-state index in [-0.39, 0.29) is 11.3 Å². The van der Waals surface area contributed by atoms with E-state index in [1.165, 1.54) is 18.2 Å². The van der Waals surface area contributed by atoms with Crippen LogP contribution < -0.4 is 10.1 Å². The molecule has 0 aliphatic heterocycles. The van der Waals surface area contributed by atoms with E-state index in [9.17, 15) is 23.2 Å². The molecule has 35 heavy (non-hydrogen) atoms. The first-order valence-electron chi connectivity index (χ1n) is 10.4. The zero-order valence-electron chi connectivity index (χ0n) is 18.4. The summed E-state index contributed by atoms with van der Waals surface area (Å²) in [6.45, 7) is 2.29. The van der Waals surface area contributed by atoms with E-state index in [4.69, 9.17) is 4.74 Å². The molecule has 1 N–H and O–H groups in total. The van der Waals surface area contributed by atoms with Gasteiger partial charge in [0.05, 0.1) is 12.2 Å². The Kier molecular flexibility index (Phi) is 8.97. The summed E-state index contributed by atoms with van der Waals surface area (Å²) < 4.78 is 46.6. The van der Waals surface area contributed by atoms with Crippen molar-refractivity contribution in [2.45, 2.75) is 19.5 Å². The highest BCUT2D eigenvalue weighted by Crippen LogP contribution is 2.32. The smallest absolute Gasteiger partial charge is 0.416 e. The van der Waals surface area contributed by atoms with Crippen LogP contribution in [-0.4, -0.2) is 12.5 Å². The van der Waals surface area contributed by atoms with E-state index in [0.717, 1.165) is 31.3 Å². The van der Waals surface area contributed by atoms with Crippen molar-refractivity contribution < 1.29 is 22.7 Å². The lowest BCUT2D eigenvalue weighted by molar-refractivity contribution is -0.137. The number of carbonyl (C=O) groups excluding carboxylic acids is 1. The van der Waals surface area contributed by atoms with Gasteiger partial charge in [-0.25, -0.2) is 0 Å². The van der Waals surface area contributed by atoms with E-state index in [2.05, 4.69) is 43.8 Å². The van der Waals surface area contributed by atoms with Crippen molar-refractivity contribution in [1.29, 1.82) is 5.26 Å². The zero-order chi connectivity index (χ0) is 25.6. The third kappa shape index (κ3) is 7.08. The Morgan fingerprint density at radius 2 is 1.91 bits per heavy atom. The summed E-state index contributed by atoms with van der Waals surface area (Å²) in [6.07, 6.45) is -2.55. The summed E-state index contributed by atoms with van der Waals surface area (Å²) in [7, 11) is 0. The first kappa shape index (κ1) is 26.8.